The van der Waals surface area contributed by atoms with Gasteiger partial charge in [-0.15, -0.1) is 0 Å². The molecule has 0 unspecified atom stereocenters. The van der Waals surface area contributed by atoms with Gasteiger partial charge in [-0.2, -0.15) is 0 Å². The molecule has 0 aliphatic carbocycles. The van der Waals surface area contributed by atoms with E-state index < -0.39 is 17.6 Å². The predicted molar refractivity (Wildman–Crippen MR) is 98.9 cm³/mol. The second-order valence-corrected chi connectivity index (χ2v) is 6.20. The summed E-state index contributed by atoms with van der Waals surface area (Å²) in [5, 5.41) is 9.93. The molecule has 28 heavy (non-hydrogen) atoms. The molecule has 0 fully saturated rings. The number of hydrazine groups is 1. The maximum atomic E-state index is 13.7. The molecule has 3 N–H and O–H groups in total. The van der Waals surface area contributed by atoms with Crippen LogP contribution in [0.2, 0.25) is 5.02 Å². The van der Waals surface area contributed by atoms with Crippen LogP contribution in [-0.4, -0.2) is 21.9 Å². The molecule has 7 nitrogen and oxygen atoms in total. The van der Waals surface area contributed by atoms with E-state index >= 15 is 0 Å². The Morgan fingerprint density at radius 3 is 2.75 bits per heavy atom. The van der Waals surface area contributed by atoms with Crippen LogP contribution in [0, 0.1) is 5.82 Å². The average molecular weight is 404 g/mol. The lowest BCUT2D eigenvalue weighted by molar-refractivity contribution is -0.121. The number of aryl methyl sites for hydroxylation is 1. The number of phenols is 1. The molecule has 9 heteroatoms. The fraction of sp³-hybridized carbons (Fsp3) is 0.105. The highest BCUT2D eigenvalue weighted by Gasteiger charge is 2.14. The number of carbonyl (C=O) groups excluding carboxylic acids is 2. The number of halogens is 2. The van der Waals surface area contributed by atoms with Gasteiger partial charge in [0.25, 0.3) is 5.91 Å². The number of rotatable bonds is 5. The molecule has 144 valence electrons. The smallest absolute Gasteiger partial charge is 0.273 e. The summed E-state index contributed by atoms with van der Waals surface area (Å²) in [6, 6.07) is 10.1. The van der Waals surface area contributed by atoms with E-state index in [1.807, 2.05) is 0 Å². The van der Waals surface area contributed by atoms with Gasteiger partial charge in [0.05, 0.1) is 17.3 Å². The fourth-order valence-electron chi connectivity index (χ4n) is 2.38. The normalized spacial score (nSPS) is 10.5. The van der Waals surface area contributed by atoms with Gasteiger partial charge in [-0.1, -0.05) is 23.7 Å². The Hall–Kier alpha value is -3.39. The lowest BCUT2D eigenvalue weighted by Crippen LogP contribution is -2.41. The van der Waals surface area contributed by atoms with Crippen molar-refractivity contribution in [3.05, 3.63) is 71.0 Å². The molecule has 2 aromatic carbocycles. The van der Waals surface area contributed by atoms with Crippen LogP contribution < -0.4 is 10.9 Å². The number of carbonyl (C=O) groups is 2. The molecule has 1 aromatic heterocycles. The van der Waals surface area contributed by atoms with Gasteiger partial charge in [0.15, 0.2) is 11.7 Å². The Morgan fingerprint density at radius 1 is 1.18 bits per heavy atom. The van der Waals surface area contributed by atoms with Crippen molar-refractivity contribution in [2.45, 2.75) is 12.8 Å². The molecule has 2 amide bonds. The molecule has 3 aromatic rings. The van der Waals surface area contributed by atoms with E-state index in [1.54, 1.807) is 18.2 Å². The lowest BCUT2D eigenvalue weighted by atomic mass is 10.2. The molecule has 0 radical (unpaired) electrons. The number of phenolic OH excluding ortho intramolecular Hbond substituents is 1. The minimum absolute atomic E-state index is 0.0287. The van der Waals surface area contributed by atoms with Crippen molar-refractivity contribution in [2.75, 3.05) is 0 Å². The van der Waals surface area contributed by atoms with Crippen LogP contribution in [0.5, 0.6) is 5.75 Å². The van der Waals surface area contributed by atoms with Crippen molar-refractivity contribution in [3.8, 4) is 17.1 Å². The van der Waals surface area contributed by atoms with E-state index in [1.165, 1.54) is 30.5 Å². The van der Waals surface area contributed by atoms with E-state index in [2.05, 4.69) is 15.8 Å². The van der Waals surface area contributed by atoms with Gasteiger partial charge in [0.2, 0.25) is 5.91 Å². The van der Waals surface area contributed by atoms with Crippen LogP contribution >= 0.6 is 11.6 Å². The van der Waals surface area contributed by atoms with E-state index in [0.29, 0.717) is 0 Å². The van der Waals surface area contributed by atoms with Crippen LogP contribution in [-0.2, 0) is 11.2 Å². The van der Waals surface area contributed by atoms with Gasteiger partial charge in [0.1, 0.15) is 11.6 Å². The quantitative estimate of drug-likeness (QED) is 0.567. The van der Waals surface area contributed by atoms with Gasteiger partial charge in [0, 0.05) is 17.9 Å². The minimum Gasteiger partial charge on any atom is -0.507 e. The first kappa shape index (κ1) is 19.4. The Kier molecular flexibility index (Phi) is 5.90. The number of oxazole rings is 1. The number of hydrogen-bond acceptors (Lipinski definition) is 5. The van der Waals surface area contributed by atoms with Gasteiger partial charge in [-0.25, -0.2) is 9.37 Å². The second kappa shape index (κ2) is 8.53. The first-order valence-electron chi connectivity index (χ1n) is 8.21. The zero-order valence-electron chi connectivity index (χ0n) is 14.4. The fourth-order valence-corrected chi connectivity index (χ4v) is 2.55. The van der Waals surface area contributed by atoms with Gasteiger partial charge in [-0.3, -0.25) is 20.4 Å². The molecule has 0 aliphatic rings. The summed E-state index contributed by atoms with van der Waals surface area (Å²) in [7, 11) is 0. The largest absolute Gasteiger partial charge is 0.507 e. The number of nitrogens with zero attached hydrogens (tertiary/aromatic N) is 1. The first-order chi connectivity index (χ1) is 13.4. The highest BCUT2D eigenvalue weighted by molar-refractivity contribution is 6.31. The zero-order valence-corrected chi connectivity index (χ0v) is 15.2. The molecular formula is C19H15ClFN3O4. The summed E-state index contributed by atoms with van der Waals surface area (Å²) < 4.78 is 19.2. The van der Waals surface area contributed by atoms with E-state index in [0.717, 1.165) is 0 Å². The Morgan fingerprint density at radius 2 is 1.96 bits per heavy atom. The third-order valence-corrected chi connectivity index (χ3v) is 4.01. The molecule has 0 aliphatic heterocycles. The highest BCUT2D eigenvalue weighted by Crippen LogP contribution is 2.23. The molecule has 0 bridgehead atoms. The molecule has 0 atom stereocenters. The summed E-state index contributed by atoms with van der Waals surface area (Å²) in [4.78, 5) is 27.9. The van der Waals surface area contributed by atoms with Crippen molar-refractivity contribution < 1.29 is 23.5 Å². The SMILES string of the molecule is O=C(CCc1ncc(-c2ccccc2F)o1)NNC(=O)c1cc(Cl)ccc1O. The maximum absolute atomic E-state index is 13.7. The Bertz CT molecular complexity index is 1020. The van der Waals surface area contributed by atoms with Crippen LogP contribution in [0.4, 0.5) is 4.39 Å². The molecule has 1 heterocycles. The van der Waals surface area contributed by atoms with Crippen molar-refractivity contribution in [1.29, 1.82) is 0 Å². The van der Waals surface area contributed by atoms with Crippen molar-refractivity contribution in [1.82, 2.24) is 15.8 Å². The number of benzene rings is 2. The summed E-state index contributed by atoms with van der Waals surface area (Å²) in [6.07, 6.45) is 1.51. The highest BCUT2D eigenvalue weighted by atomic mass is 35.5. The maximum Gasteiger partial charge on any atom is 0.273 e. The van der Waals surface area contributed by atoms with Gasteiger partial charge >= 0.3 is 0 Å². The Labute approximate surface area is 164 Å². The molecule has 0 saturated heterocycles. The number of hydrogen-bond donors (Lipinski definition) is 3. The van der Waals surface area contributed by atoms with Crippen LogP contribution in [0.15, 0.2) is 53.1 Å². The monoisotopic (exact) mass is 403 g/mol. The molecule has 0 spiro atoms. The molecule has 3 rings (SSSR count). The van der Waals surface area contributed by atoms with Crippen LogP contribution in [0.3, 0.4) is 0 Å². The van der Waals surface area contributed by atoms with Crippen molar-refractivity contribution in [3.63, 3.8) is 0 Å². The number of amides is 2. The minimum atomic E-state index is -0.716. The topological polar surface area (TPSA) is 104 Å². The number of nitrogens with one attached hydrogen (secondary N) is 2. The Balaban J connectivity index is 1.52. The summed E-state index contributed by atoms with van der Waals surface area (Å²) in [6.45, 7) is 0. The van der Waals surface area contributed by atoms with E-state index in [9.17, 15) is 19.1 Å². The summed E-state index contributed by atoms with van der Waals surface area (Å²) in [5.41, 5.74) is 4.61. The van der Waals surface area contributed by atoms with Gasteiger partial charge in [-0.05, 0) is 30.3 Å². The van der Waals surface area contributed by atoms with Gasteiger partial charge < -0.3 is 9.52 Å². The zero-order chi connectivity index (χ0) is 20.1. The van der Waals surface area contributed by atoms with E-state index in [4.69, 9.17) is 16.0 Å². The van der Waals surface area contributed by atoms with Crippen LogP contribution in [0.25, 0.3) is 11.3 Å². The average Bonchev–Trinajstić information content (AvgIpc) is 3.15. The van der Waals surface area contributed by atoms with Crippen molar-refractivity contribution in [2.24, 2.45) is 0 Å². The molecule has 0 saturated carbocycles. The third-order valence-electron chi connectivity index (χ3n) is 3.78. The standard InChI is InChI=1S/C19H15ClFN3O4/c20-11-5-6-15(25)13(9-11)19(27)24-23-17(26)7-8-18-22-10-16(28-18)12-3-1-2-4-14(12)21/h1-6,9-10,25H,7-8H2,(H,23,26)(H,24,27). The summed E-state index contributed by atoms with van der Waals surface area (Å²) >= 11 is 5.78. The van der Waals surface area contributed by atoms with Crippen LogP contribution in [0.1, 0.15) is 22.7 Å². The molecular weight excluding hydrogens is 389 g/mol. The number of aromatic nitrogens is 1. The summed E-state index contributed by atoms with van der Waals surface area (Å²) in [5.74, 6) is -1.40. The predicted octanol–water partition coefficient (Wildman–Crippen LogP) is 3.23. The van der Waals surface area contributed by atoms with Crippen molar-refractivity contribution >= 4 is 23.4 Å². The third kappa shape index (κ3) is 4.66. The second-order valence-electron chi connectivity index (χ2n) is 5.76. The van der Waals surface area contributed by atoms with E-state index in [-0.39, 0.29) is 46.4 Å². The lowest BCUT2D eigenvalue weighted by Gasteiger charge is -2.08. The first-order valence-corrected chi connectivity index (χ1v) is 8.59. The number of aromatic hydroxyl groups is 1.